The summed E-state index contributed by atoms with van der Waals surface area (Å²) >= 11 is 0. The van der Waals surface area contributed by atoms with E-state index in [0.29, 0.717) is 12.8 Å². The minimum Gasteiger partial charge on any atom is -0.480 e. The third-order valence-corrected chi connectivity index (χ3v) is 12.1. The molecule has 0 saturated carbocycles. The second-order valence-electron chi connectivity index (χ2n) is 17.0. The van der Waals surface area contributed by atoms with Crippen LogP contribution in [0.15, 0.2) is 0 Å². The van der Waals surface area contributed by atoms with Crippen molar-refractivity contribution in [1.29, 1.82) is 0 Å². The average molecular weight is 862 g/mol. The van der Waals surface area contributed by atoms with E-state index < -0.39 is 51.1 Å². The molecule has 3 unspecified atom stereocenters. The van der Waals surface area contributed by atoms with Gasteiger partial charge in [0.25, 0.3) is 0 Å². The molecule has 0 aliphatic heterocycles. The molecule has 350 valence electrons. The van der Waals surface area contributed by atoms with Gasteiger partial charge in [0, 0.05) is 12.8 Å². The molecule has 0 heterocycles. The molecule has 4 N–H and O–H groups in total. The van der Waals surface area contributed by atoms with Gasteiger partial charge >= 0.3 is 25.7 Å². The Morgan fingerprint density at radius 3 is 1.07 bits per heavy atom. The van der Waals surface area contributed by atoms with Gasteiger partial charge in [-0.25, -0.2) is 4.57 Å². The first-order chi connectivity index (χ1) is 28.6. The maximum Gasteiger partial charge on any atom is 0.472 e. The van der Waals surface area contributed by atoms with Crippen LogP contribution < -0.4 is 5.73 Å². The molecule has 0 spiro atoms. The molecule has 0 aromatic carbocycles. The molecular weight excluding hydrogens is 769 g/mol. The summed E-state index contributed by atoms with van der Waals surface area (Å²) in [7, 11) is -4.71. The molecule has 0 rings (SSSR count). The van der Waals surface area contributed by atoms with Crippen molar-refractivity contribution < 1.29 is 47.5 Å². The van der Waals surface area contributed by atoms with Crippen molar-refractivity contribution in [3.05, 3.63) is 0 Å². The number of hydrogen-bond acceptors (Lipinski definition) is 9. The first kappa shape index (κ1) is 57.5. The zero-order valence-electron chi connectivity index (χ0n) is 38.1. The minimum atomic E-state index is -4.71. The summed E-state index contributed by atoms with van der Waals surface area (Å²) in [6.45, 7) is 2.86. The van der Waals surface area contributed by atoms with Crippen LogP contribution in [0.4, 0.5) is 0 Å². The molecule has 59 heavy (non-hydrogen) atoms. The Hall–Kier alpha value is -1.52. The van der Waals surface area contributed by atoms with Crippen molar-refractivity contribution >= 4 is 25.7 Å². The fraction of sp³-hybridized carbons (Fsp3) is 0.936. The maximum atomic E-state index is 12.7. The number of phosphoric acid groups is 1. The number of hydrogen-bond donors (Lipinski definition) is 3. The second-order valence-corrected chi connectivity index (χ2v) is 18.4. The quantitative estimate of drug-likeness (QED) is 0.0302. The fourth-order valence-electron chi connectivity index (χ4n) is 7.24. The number of esters is 2. The molecule has 0 aromatic rings. The van der Waals surface area contributed by atoms with Gasteiger partial charge in [0.15, 0.2) is 6.10 Å². The molecule has 0 amide bonds. The first-order valence-corrected chi connectivity index (χ1v) is 26.1. The van der Waals surface area contributed by atoms with E-state index in [0.717, 1.165) is 38.5 Å². The molecule has 3 atom stereocenters. The van der Waals surface area contributed by atoms with E-state index in [1.54, 1.807) is 0 Å². The van der Waals surface area contributed by atoms with Gasteiger partial charge in [0.05, 0.1) is 13.2 Å². The molecule has 0 fully saturated rings. The standard InChI is InChI=1S/C47H92NO10P/c1-3-5-7-9-11-13-15-17-19-20-21-22-23-25-27-29-31-33-35-37-39-46(50)58-43(41-56-59(53,54)57-42-44(48)47(51)52)40-55-45(49)38-36-34-32-30-28-26-24-18-16-14-12-10-8-6-4-2/h43-44H,3-42,48H2,1-2H3,(H,51,52)(H,53,54). The maximum absolute atomic E-state index is 12.7. The minimum absolute atomic E-state index is 0.170. The van der Waals surface area contributed by atoms with Crippen LogP contribution in [0.2, 0.25) is 0 Å². The van der Waals surface area contributed by atoms with E-state index in [4.69, 9.17) is 24.8 Å². The van der Waals surface area contributed by atoms with Crippen molar-refractivity contribution in [3.8, 4) is 0 Å². The lowest BCUT2D eigenvalue weighted by atomic mass is 10.0. The second kappa shape index (κ2) is 43.1. The first-order valence-electron chi connectivity index (χ1n) is 24.6. The Labute approximate surface area is 361 Å². The highest BCUT2D eigenvalue weighted by Gasteiger charge is 2.28. The van der Waals surface area contributed by atoms with Gasteiger partial charge < -0.3 is 25.2 Å². The lowest BCUT2D eigenvalue weighted by Gasteiger charge is -2.20. The third-order valence-electron chi connectivity index (χ3n) is 11.1. The number of aliphatic carboxylic acids is 1. The fourth-order valence-corrected chi connectivity index (χ4v) is 8.02. The van der Waals surface area contributed by atoms with E-state index >= 15 is 0 Å². The molecule has 11 nitrogen and oxygen atoms in total. The Balaban J connectivity index is 4.22. The normalized spacial score (nSPS) is 13.6. The predicted molar refractivity (Wildman–Crippen MR) is 240 cm³/mol. The van der Waals surface area contributed by atoms with Crippen LogP contribution in [-0.4, -0.2) is 59.9 Å². The van der Waals surface area contributed by atoms with Crippen molar-refractivity contribution in [2.45, 2.75) is 264 Å². The number of nitrogens with two attached hydrogens (primary N) is 1. The number of carbonyl (C=O) groups excluding carboxylic acids is 2. The Morgan fingerprint density at radius 1 is 0.458 bits per heavy atom. The molecule has 0 aliphatic rings. The van der Waals surface area contributed by atoms with E-state index in [1.165, 1.54) is 173 Å². The summed E-state index contributed by atoms with van der Waals surface area (Å²) in [5.41, 5.74) is 5.35. The number of unbranched alkanes of at least 4 members (excludes halogenated alkanes) is 33. The largest absolute Gasteiger partial charge is 0.480 e. The van der Waals surface area contributed by atoms with Gasteiger partial charge in [0.2, 0.25) is 0 Å². The summed E-state index contributed by atoms with van der Waals surface area (Å²) < 4.78 is 32.8. The summed E-state index contributed by atoms with van der Waals surface area (Å²) in [5, 5.41) is 8.91. The predicted octanol–water partition coefficient (Wildman–Crippen LogP) is 13.5. The Kier molecular flexibility index (Phi) is 42.0. The van der Waals surface area contributed by atoms with Crippen LogP contribution in [-0.2, 0) is 37.5 Å². The Bertz CT molecular complexity index is 1020. The zero-order chi connectivity index (χ0) is 43.5. The van der Waals surface area contributed by atoms with Crippen LogP contribution in [0.25, 0.3) is 0 Å². The van der Waals surface area contributed by atoms with Gasteiger partial charge in [0.1, 0.15) is 12.6 Å². The zero-order valence-corrected chi connectivity index (χ0v) is 39.0. The summed E-state index contributed by atoms with van der Waals surface area (Å²) in [6.07, 6.45) is 43.0. The highest BCUT2D eigenvalue weighted by atomic mass is 31.2. The number of rotatable bonds is 47. The summed E-state index contributed by atoms with van der Waals surface area (Å²) in [5.74, 6) is -2.35. The molecule has 0 radical (unpaired) electrons. The molecule has 0 bridgehead atoms. The van der Waals surface area contributed by atoms with Crippen molar-refractivity contribution in [2.75, 3.05) is 19.8 Å². The Morgan fingerprint density at radius 2 is 0.746 bits per heavy atom. The number of carbonyl (C=O) groups is 3. The highest BCUT2D eigenvalue weighted by molar-refractivity contribution is 7.47. The van der Waals surface area contributed by atoms with Gasteiger partial charge in [-0.1, -0.05) is 226 Å². The average Bonchev–Trinajstić information content (AvgIpc) is 3.21. The monoisotopic (exact) mass is 862 g/mol. The summed E-state index contributed by atoms with van der Waals surface area (Å²) in [4.78, 5) is 46.1. The third kappa shape index (κ3) is 42.9. The van der Waals surface area contributed by atoms with Crippen LogP contribution in [0.1, 0.15) is 251 Å². The van der Waals surface area contributed by atoms with Crippen molar-refractivity contribution in [2.24, 2.45) is 5.73 Å². The smallest absolute Gasteiger partial charge is 0.472 e. The summed E-state index contributed by atoms with van der Waals surface area (Å²) in [6, 6.07) is -1.52. The highest BCUT2D eigenvalue weighted by Crippen LogP contribution is 2.43. The number of ether oxygens (including phenoxy) is 2. The van der Waals surface area contributed by atoms with Gasteiger partial charge in [-0.2, -0.15) is 0 Å². The van der Waals surface area contributed by atoms with Gasteiger partial charge in [-0.3, -0.25) is 23.4 Å². The van der Waals surface area contributed by atoms with E-state index in [1.807, 2.05) is 0 Å². The van der Waals surface area contributed by atoms with Gasteiger partial charge in [-0.05, 0) is 12.8 Å². The van der Waals surface area contributed by atoms with Crippen molar-refractivity contribution in [1.82, 2.24) is 0 Å². The van der Waals surface area contributed by atoms with Crippen LogP contribution >= 0.6 is 7.82 Å². The lowest BCUT2D eigenvalue weighted by molar-refractivity contribution is -0.161. The van der Waals surface area contributed by atoms with Crippen LogP contribution in [0.3, 0.4) is 0 Å². The topological polar surface area (TPSA) is 172 Å². The van der Waals surface area contributed by atoms with Crippen molar-refractivity contribution in [3.63, 3.8) is 0 Å². The number of phosphoric ester groups is 1. The van der Waals surface area contributed by atoms with Crippen LogP contribution in [0, 0.1) is 0 Å². The molecule has 12 heteroatoms. The SMILES string of the molecule is CCCCCCCCCCCCCCCCCCCCCCC(=O)OC(COC(=O)CCCCCCCCCCCCCCCCC)COP(=O)(O)OCC(N)C(=O)O. The van der Waals surface area contributed by atoms with E-state index in [9.17, 15) is 23.8 Å². The van der Waals surface area contributed by atoms with Gasteiger partial charge in [-0.15, -0.1) is 0 Å². The van der Waals surface area contributed by atoms with Crippen LogP contribution in [0.5, 0.6) is 0 Å². The van der Waals surface area contributed by atoms with E-state index in [-0.39, 0.29) is 19.4 Å². The number of carboxylic acids is 1. The number of carboxylic acid groups (broad SMARTS) is 1. The molecule has 0 aromatic heterocycles. The lowest BCUT2D eigenvalue weighted by Crippen LogP contribution is -2.34. The molecular formula is C47H92NO10P. The van der Waals surface area contributed by atoms with E-state index in [2.05, 4.69) is 18.4 Å². The molecule has 0 saturated heterocycles. The molecule has 0 aliphatic carbocycles.